The predicted octanol–water partition coefficient (Wildman–Crippen LogP) is 3.12. The summed E-state index contributed by atoms with van der Waals surface area (Å²) >= 11 is 0. The van der Waals surface area contributed by atoms with Crippen molar-refractivity contribution >= 4 is 21.8 Å². The average molecular weight is 310 g/mol. The minimum atomic E-state index is 0.0679. The molecule has 0 fully saturated rings. The lowest BCUT2D eigenvalue weighted by molar-refractivity contribution is 0.261. The summed E-state index contributed by atoms with van der Waals surface area (Å²) in [5.74, 6) is 0.745. The maximum absolute atomic E-state index is 12.8. The molecule has 0 atom stereocenters. The van der Waals surface area contributed by atoms with Crippen molar-refractivity contribution in [2.45, 2.75) is 13.5 Å². The van der Waals surface area contributed by atoms with Crippen molar-refractivity contribution in [2.24, 2.45) is 0 Å². The van der Waals surface area contributed by atoms with Crippen LogP contribution in [0.25, 0.3) is 21.8 Å². The molecule has 0 spiro atoms. The van der Waals surface area contributed by atoms with Crippen LogP contribution in [-0.4, -0.2) is 36.7 Å². The van der Waals surface area contributed by atoms with Gasteiger partial charge in [0.1, 0.15) is 12.4 Å². The Morgan fingerprint density at radius 3 is 2.52 bits per heavy atom. The summed E-state index contributed by atoms with van der Waals surface area (Å²) in [5.41, 5.74) is 2.00. The van der Waals surface area contributed by atoms with E-state index in [1.54, 1.807) is 0 Å². The number of likely N-dealkylation sites (N-methyl/N-ethyl adjacent to an activating group) is 1. The van der Waals surface area contributed by atoms with Gasteiger partial charge in [0.2, 0.25) is 0 Å². The molecule has 23 heavy (non-hydrogen) atoms. The Kier molecular flexibility index (Phi) is 4.35. The van der Waals surface area contributed by atoms with E-state index in [2.05, 4.69) is 16.4 Å². The van der Waals surface area contributed by atoms with Gasteiger partial charge in [0.15, 0.2) is 5.43 Å². The van der Waals surface area contributed by atoms with E-state index in [1.807, 2.05) is 56.6 Å². The van der Waals surface area contributed by atoms with Gasteiger partial charge in [0.05, 0.1) is 11.0 Å². The number of para-hydroxylation sites is 1. The van der Waals surface area contributed by atoms with Crippen LogP contribution >= 0.6 is 0 Å². The SMILES string of the molecule is CCn1c2ccccc2c(=O)c2cc(OCCN(C)C)ccc21. The topological polar surface area (TPSA) is 34.5 Å². The number of pyridine rings is 1. The molecular weight excluding hydrogens is 288 g/mol. The van der Waals surface area contributed by atoms with E-state index in [4.69, 9.17) is 4.74 Å². The van der Waals surface area contributed by atoms with E-state index in [-0.39, 0.29) is 5.43 Å². The first kappa shape index (κ1) is 15.6. The van der Waals surface area contributed by atoms with E-state index < -0.39 is 0 Å². The van der Waals surface area contributed by atoms with Crippen LogP contribution in [0, 0.1) is 0 Å². The Morgan fingerprint density at radius 1 is 1.04 bits per heavy atom. The van der Waals surface area contributed by atoms with E-state index in [0.29, 0.717) is 12.0 Å². The number of ether oxygens (including phenoxy) is 1. The molecule has 0 unspecified atom stereocenters. The summed E-state index contributed by atoms with van der Waals surface area (Å²) in [6.07, 6.45) is 0. The molecule has 1 heterocycles. The minimum Gasteiger partial charge on any atom is -0.492 e. The van der Waals surface area contributed by atoms with E-state index >= 15 is 0 Å². The van der Waals surface area contributed by atoms with Crippen LogP contribution < -0.4 is 10.2 Å². The van der Waals surface area contributed by atoms with Gasteiger partial charge in [-0.15, -0.1) is 0 Å². The fourth-order valence-corrected chi connectivity index (χ4v) is 2.88. The van der Waals surface area contributed by atoms with Gasteiger partial charge >= 0.3 is 0 Å². The van der Waals surface area contributed by atoms with E-state index in [1.165, 1.54) is 0 Å². The molecule has 0 saturated heterocycles. The smallest absolute Gasteiger partial charge is 0.197 e. The van der Waals surface area contributed by atoms with Crippen LogP contribution in [0.4, 0.5) is 0 Å². The zero-order valence-electron chi connectivity index (χ0n) is 13.9. The summed E-state index contributed by atoms with van der Waals surface area (Å²) < 4.78 is 7.95. The lowest BCUT2D eigenvalue weighted by Crippen LogP contribution is -2.19. The van der Waals surface area contributed by atoms with Gasteiger partial charge in [-0.05, 0) is 51.4 Å². The monoisotopic (exact) mass is 310 g/mol. The van der Waals surface area contributed by atoms with Crippen molar-refractivity contribution in [3.63, 3.8) is 0 Å². The fourth-order valence-electron chi connectivity index (χ4n) is 2.88. The summed E-state index contributed by atoms with van der Waals surface area (Å²) in [6.45, 7) is 4.36. The van der Waals surface area contributed by atoms with Gasteiger partial charge in [0.25, 0.3) is 0 Å². The molecule has 1 aromatic heterocycles. The predicted molar refractivity (Wildman–Crippen MR) is 95.4 cm³/mol. The number of aryl methyl sites for hydroxylation is 1. The average Bonchev–Trinajstić information content (AvgIpc) is 2.55. The zero-order valence-corrected chi connectivity index (χ0v) is 13.9. The highest BCUT2D eigenvalue weighted by molar-refractivity contribution is 5.94. The number of benzene rings is 2. The number of nitrogens with zero attached hydrogens (tertiary/aromatic N) is 2. The summed E-state index contributed by atoms with van der Waals surface area (Å²) in [6, 6.07) is 13.6. The van der Waals surface area contributed by atoms with Crippen molar-refractivity contribution in [2.75, 3.05) is 27.2 Å². The molecule has 0 amide bonds. The van der Waals surface area contributed by atoms with Crippen LogP contribution in [0.2, 0.25) is 0 Å². The van der Waals surface area contributed by atoms with E-state index in [9.17, 15) is 4.79 Å². The Bertz CT molecular complexity index is 897. The molecule has 0 radical (unpaired) electrons. The van der Waals surface area contributed by atoms with Crippen molar-refractivity contribution < 1.29 is 4.74 Å². The van der Waals surface area contributed by atoms with Crippen molar-refractivity contribution in [3.8, 4) is 5.75 Å². The van der Waals surface area contributed by atoms with Crippen LogP contribution in [-0.2, 0) is 6.54 Å². The molecule has 3 rings (SSSR count). The molecule has 0 aliphatic carbocycles. The second kappa shape index (κ2) is 6.42. The Morgan fingerprint density at radius 2 is 1.78 bits per heavy atom. The minimum absolute atomic E-state index is 0.0679. The van der Waals surface area contributed by atoms with Gasteiger partial charge in [-0.25, -0.2) is 0 Å². The van der Waals surface area contributed by atoms with Crippen molar-refractivity contribution in [3.05, 3.63) is 52.7 Å². The third-order valence-electron chi connectivity index (χ3n) is 4.07. The van der Waals surface area contributed by atoms with Crippen LogP contribution in [0.5, 0.6) is 5.75 Å². The molecule has 3 aromatic rings. The highest BCUT2D eigenvalue weighted by Gasteiger charge is 2.10. The lowest BCUT2D eigenvalue weighted by atomic mass is 10.1. The standard InChI is InChI=1S/C19H22N2O2/c1-4-21-17-8-6-5-7-15(17)19(22)16-13-14(9-10-18(16)21)23-12-11-20(2)3/h5-10,13H,4,11-12H2,1-3H3. The maximum atomic E-state index is 12.8. The first-order chi connectivity index (χ1) is 11.1. The molecular formula is C19H22N2O2. The van der Waals surface area contributed by atoms with Gasteiger partial charge in [-0.3, -0.25) is 4.79 Å². The molecule has 4 nitrogen and oxygen atoms in total. The normalized spacial score (nSPS) is 11.5. The summed E-state index contributed by atoms with van der Waals surface area (Å²) in [7, 11) is 4.02. The van der Waals surface area contributed by atoms with Gasteiger partial charge < -0.3 is 14.2 Å². The molecule has 0 aliphatic rings. The molecule has 4 heteroatoms. The molecule has 120 valence electrons. The third-order valence-corrected chi connectivity index (χ3v) is 4.07. The number of hydrogen-bond donors (Lipinski definition) is 0. The number of fused-ring (bicyclic) bond motifs is 2. The Labute approximate surface area is 135 Å². The van der Waals surface area contributed by atoms with E-state index in [0.717, 1.165) is 35.3 Å². The fraction of sp³-hybridized carbons (Fsp3) is 0.316. The molecule has 0 saturated carbocycles. The van der Waals surface area contributed by atoms with Gasteiger partial charge in [-0.1, -0.05) is 12.1 Å². The lowest BCUT2D eigenvalue weighted by Gasteiger charge is -2.15. The van der Waals surface area contributed by atoms with Crippen LogP contribution in [0.1, 0.15) is 6.92 Å². The first-order valence-electron chi connectivity index (χ1n) is 7.94. The Balaban J connectivity index is 2.13. The Hall–Kier alpha value is -2.33. The molecule has 0 N–H and O–H groups in total. The summed E-state index contributed by atoms with van der Waals surface area (Å²) in [4.78, 5) is 14.9. The number of aromatic nitrogens is 1. The van der Waals surface area contributed by atoms with Crippen LogP contribution in [0.15, 0.2) is 47.3 Å². The van der Waals surface area contributed by atoms with Gasteiger partial charge in [0, 0.05) is 23.9 Å². The first-order valence-corrected chi connectivity index (χ1v) is 7.94. The largest absolute Gasteiger partial charge is 0.492 e. The molecule has 0 aliphatic heterocycles. The van der Waals surface area contributed by atoms with Crippen LogP contribution in [0.3, 0.4) is 0 Å². The molecule has 2 aromatic carbocycles. The third kappa shape index (κ3) is 2.94. The van der Waals surface area contributed by atoms with Crippen molar-refractivity contribution in [1.29, 1.82) is 0 Å². The highest BCUT2D eigenvalue weighted by Crippen LogP contribution is 2.23. The maximum Gasteiger partial charge on any atom is 0.197 e. The van der Waals surface area contributed by atoms with Crippen molar-refractivity contribution in [1.82, 2.24) is 9.47 Å². The highest BCUT2D eigenvalue weighted by atomic mass is 16.5. The zero-order chi connectivity index (χ0) is 16.4. The molecule has 0 bridgehead atoms. The quantitative estimate of drug-likeness (QED) is 0.679. The number of rotatable bonds is 5. The number of hydrogen-bond acceptors (Lipinski definition) is 3. The summed E-state index contributed by atoms with van der Waals surface area (Å²) in [5, 5.41) is 1.47. The second-order valence-corrected chi connectivity index (χ2v) is 5.92. The van der Waals surface area contributed by atoms with Gasteiger partial charge in [-0.2, -0.15) is 0 Å². The second-order valence-electron chi connectivity index (χ2n) is 5.92.